The second kappa shape index (κ2) is 7.42. The van der Waals surface area contributed by atoms with Crippen molar-refractivity contribution in [1.82, 2.24) is 10.3 Å². The van der Waals surface area contributed by atoms with Crippen LogP contribution in [-0.4, -0.2) is 30.5 Å². The number of hydrogen-bond donors (Lipinski definition) is 1. The number of rotatable bonds is 5. The Morgan fingerprint density at radius 3 is 3.13 bits per heavy atom. The van der Waals surface area contributed by atoms with E-state index < -0.39 is 6.09 Å². The second-order valence-electron chi connectivity index (χ2n) is 2.46. The molecule has 0 saturated heterocycles. The fourth-order valence-electron chi connectivity index (χ4n) is 0.739. The van der Waals surface area contributed by atoms with Crippen LogP contribution in [0.2, 0.25) is 0 Å². The normalized spacial score (nSPS) is 9.67. The molecule has 0 radical (unpaired) electrons. The van der Waals surface area contributed by atoms with E-state index in [-0.39, 0.29) is 0 Å². The minimum absolute atomic E-state index is 0.390. The Morgan fingerprint density at radius 1 is 1.60 bits per heavy atom. The Bertz CT molecular complexity index is 295. The number of aromatic nitrogens is 1. The Kier molecular flexibility index (Phi) is 6.03. The lowest BCUT2D eigenvalue weighted by atomic mass is 10.5. The summed E-state index contributed by atoms with van der Waals surface area (Å²) in [5.41, 5.74) is 0. The summed E-state index contributed by atoms with van der Waals surface area (Å²) in [6.45, 7) is 0.407. The van der Waals surface area contributed by atoms with Crippen LogP contribution >= 0.6 is 21.6 Å². The highest BCUT2D eigenvalue weighted by molar-refractivity contribution is 8.76. The smallest absolute Gasteiger partial charge is 0.406 e. The Balaban J connectivity index is 2.05. The third kappa shape index (κ3) is 5.54. The van der Waals surface area contributed by atoms with Gasteiger partial charge in [-0.05, 0) is 22.9 Å². The van der Waals surface area contributed by atoms with Crippen LogP contribution in [0.25, 0.3) is 0 Å². The van der Waals surface area contributed by atoms with Gasteiger partial charge in [0.15, 0.2) is 0 Å². The maximum absolute atomic E-state index is 10.7. The van der Waals surface area contributed by atoms with Crippen molar-refractivity contribution in [3.63, 3.8) is 0 Å². The molecule has 0 atom stereocenters. The topological polar surface area (TPSA) is 51.2 Å². The van der Waals surface area contributed by atoms with Crippen molar-refractivity contribution in [2.24, 2.45) is 0 Å². The number of ether oxygens (including phenoxy) is 1. The fraction of sp³-hybridized carbons (Fsp3) is 0.333. The molecule has 1 rings (SSSR count). The number of nitrogens with zero attached hydrogens (tertiary/aromatic N) is 1. The highest BCUT2D eigenvalue weighted by atomic mass is 33.1. The van der Waals surface area contributed by atoms with Crippen LogP contribution in [0.5, 0.6) is 0 Å². The van der Waals surface area contributed by atoms with Crippen molar-refractivity contribution in [2.75, 3.05) is 19.4 Å². The van der Waals surface area contributed by atoms with Gasteiger partial charge in [0.25, 0.3) is 0 Å². The minimum Gasteiger partial charge on any atom is -0.449 e. The number of carbonyl (C=O) groups is 1. The van der Waals surface area contributed by atoms with E-state index >= 15 is 0 Å². The standard InChI is InChI=1S/C9H12N2O2S2/c1-10-9(12)13-6-7-14-15-8-4-2-3-5-11-8/h2-5H,6-7H2,1H3,(H,10,12). The highest BCUT2D eigenvalue weighted by Gasteiger charge is 1.98. The highest BCUT2D eigenvalue weighted by Crippen LogP contribution is 2.28. The van der Waals surface area contributed by atoms with Crippen molar-refractivity contribution in [3.8, 4) is 0 Å². The summed E-state index contributed by atoms with van der Waals surface area (Å²) in [5.74, 6) is 0.745. The van der Waals surface area contributed by atoms with Crippen LogP contribution in [-0.2, 0) is 4.74 Å². The van der Waals surface area contributed by atoms with Crippen molar-refractivity contribution in [3.05, 3.63) is 24.4 Å². The maximum atomic E-state index is 10.7. The zero-order chi connectivity index (χ0) is 10.9. The summed E-state index contributed by atoms with van der Waals surface area (Å²) in [7, 11) is 4.72. The zero-order valence-electron chi connectivity index (χ0n) is 8.30. The molecule has 4 nitrogen and oxygen atoms in total. The maximum Gasteiger partial charge on any atom is 0.406 e. The summed E-state index contributed by atoms with van der Waals surface area (Å²) in [5, 5.41) is 3.34. The van der Waals surface area contributed by atoms with E-state index in [0.29, 0.717) is 6.61 Å². The van der Waals surface area contributed by atoms with Gasteiger partial charge in [0, 0.05) is 19.0 Å². The van der Waals surface area contributed by atoms with Gasteiger partial charge in [-0.25, -0.2) is 9.78 Å². The molecule has 15 heavy (non-hydrogen) atoms. The molecule has 0 bridgehead atoms. The third-order valence-electron chi connectivity index (χ3n) is 1.39. The molecule has 0 aliphatic heterocycles. The van der Waals surface area contributed by atoms with Gasteiger partial charge in [0.2, 0.25) is 0 Å². The first-order valence-corrected chi connectivity index (χ1v) is 6.70. The van der Waals surface area contributed by atoms with Crippen LogP contribution in [0.1, 0.15) is 0 Å². The molecule has 0 aliphatic rings. The van der Waals surface area contributed by atoms with Crippen LogP contribution in [0, 0.1) is 0 Å². The van der Waals surface area contributed by atoms with E-state index in [4.69, 9.17) is 4.74 Å². The minimum atomic E-state index is -0.390. The first kappa shape index (κ1) is 12.2. The SMILES string of the molecule is CNC(=O)OCCSSc1ccccn1. The molecular formula is C9H12N2O2S2. The van der Waals surface area contributed by atoms with Gasteiger partial charge in [-0.15, -0.1) is 0 Å². The van der Waals surface area contributed by atoms with E-state index in [0.717, 1.165) is 10.8 Å². The van der Waals surface area contributed by atoms with E-state index in [9.17, 15) is 4.79 Å². The molecule has 0 fully saturated rings. The second-order valence-corrected chi connectivity index (χ2v) is 4.90. The van der Waals surface area contributed by atoms with Gasteiger partial charge < -0.3 is 10.1 Å². The molecule has 82 valence electrons. The van der Waals surface area contributed by atoms with Gasteiger partial charge in [-0.1, -0.05) is 16.9 Å². The molecule has 1 aromatic rings. The van der Waals surface area contributed by atoms with E-state index in [1.165, 1.54) is 7.05 Å². The van der Waals surface area contributed by atoms with Gasteiger partial charge in [-0.3, -0.25) is 0 Å². The monoisotopic (exact) mass is 244 g/mol. The summed E-state index contributed by atoms with van der Waals surface area (Å²) >= 11 is 0. The number of alkyl carbamates (subject to hydrolysis) is 1. The number of hydrogen-bond acceptors (Lipinski definition) is 5. The summed E-state index contributed by atoms with van der Waals surface area (Å²) in [6, 6.07) is 5.76. The van der Waals surface area contributed by atoms with Crippen LogP contribution < -0.4 is 5.32 Å². The average molecular weight is 244 g/mol. The van der Waals surface area contributed by atoms with Crippen molar-refractivity contribution >= 4 is 27.7 Å². The lowest BCUT2D eigenvalue weighted by Crippen LogP contribution is -2.20. The summed E-state index contributed by atoms with van der Waals surface area (Å²) in [6.07, 6.45) is 1.36. The van der Waals surface area contributed by atoms with Crippen LogP contribution in [0.4, 0.5) is 4.79 Å². The largest absolute Gasteiger partial charge is 0.449 e. The average Bonchev–Trinajstić information content (AvgIpc) is 2.29. The number of pyridine rings is 1. The van der Waals surface area contributed by atoms with Crippen molar-refractivity contribution < 1.29 is 9.53 Å². The molecule has 1 amide bonds. The van der Waals surface area contributed by atoms with Gasteiger partial charge in [-0.2, -0.15) is 0 Å². The molecule has 6 heteroatoms. The lowest BCUT2D eigenvalue weighted by molar-refractivity contribution is 0.155. The Morgan fingerprint density at radius 2 is 2.47 bits per heavy atom. The molecule has 1 heterocycles. The van der Waals surface area contributed by atoms with Gasteiger partial charge >= 0.3 is 6.09 Å². The molecule has 0 saturated carbocycles. The van der Waals surface area contributed by atoms with Gasteiger partial charge in [0.1, 0.15) is 11.6 Å². The molecular weight excluding hydrogens is 232 g/mol. The van der Waals surface area contributed by atoms with Crippen molar-refractivity contribution in [2.45, 2.75) is 5.03 Å². The Hall–Kier alpha value is -0.880. The van der Waals surface area contributed by atoms with Crippen molar-refractivity contribution in [1.29, 1.82) is 0 Å². The molecule has 1 N–H and O–H groups in total. The lowest BCUT2D eigenvalue weighted by Gasteiger charge is -2.02. The van der Waals surface area contributed by atoms with Crippen LogP contribution in [0.15, 0.2) is 29.4 Å². The van der Waals surface area contributed by atoms with E-state index in [1.54, 1.807) is 27.8 Å². The van der Waals surface area contributed by atoms with Gasteiger partial charge in [0.05, 0.1) is 0 Å². The molecule has 0 aliphatic carbocycles. The van der Waals surface area contributed by atoms with Crippen LogP contribution in [0.3, 0.4) is 0 Å². The van der Waals surface area contributed by atoms with E-state index in [1.807, 2.05) is 18.2 Å². The number of carbonyl (C=O) groups excluding carboxylic acids is 1. The number of nitrogens with one attached hydrogen (secondary N) is 1. The number of amides is 1. The zero-order valence-corrected chi connectivity index (χ0v) is 9.94. The fourth-order valence-corrected chi connectivity index (χ4v) is 2.44. The summed E-state index contributed by atoms with van der Waals surface area (Å²) in [4.78, 5) is 14.8. The molecule has 0 spiro atoms. The predicted octanol–water partition coefficient (Wildman–Crippen LogP) is 2.18. The third-order valence-corrected chi connectivity index (χ3v) is 3.62. The van der Waals surface area contributed by atoms with E-state index in [2.05, 4.69) is 10.3 Å². The predicted molar refractivity (Wildman–Crippen MR) is 63.0 cm³/mol. The first-order valence-electron chi connectivity index (χ1n) is 4.38. The molecule has 0 aromatic carbocycles. The Labute approximate surface area is 96.6 Å². The molecule has 1 aromatic heterocycles. The quantitative estimate of drug-likeness (QED) is 0.635. The summed E-state index contributed by atoms with van der Waals surface area (Å²) < 4.78 is 4.82. The first-order chi connectivity index (χ1) is 7.33. The molecule has 0 unspecified atom stereocenters.